The lowest BCUT2D eigenvalue weighted by Crippen LogP contribution is -2.00. The maximum atomic E-state index is 11.6. The molecule has 0 saturated carbocycles. The highest BCUT2D eigenvalue weighted by atomic mass is 31.1. The van der Waals surface area contributed by atoms with Crippen molar-refractivity contribution >= 4 is 13.1 Å². The molecule has 1 aromatic rings. The second-order valence-corrected chi connectivity index (χ2v) is 4.93. The third-order valence-electron chi connectivity index (χ3n) is 1.58. The zero-order valence-electron chi connectivity index (χ0n) is 7.53. The molecule has 65 valence electrons. The zero-order chi connectivity index (χ0) is 8.97. The van der Waals surface area contributed by atoms with E-state index in [1.165, 1.54) is 0 Å². The second-order valence-electron chi connectivity index (χ2n) is 3.29. The van der Waals surface area contributed by atoms with E-state index >= 15 is 0 Å². The first kappa shape index (κ1) is 9.41. The van der Waals surface area contributed by atoms with Crippen molar-refractivity contribution in [3.05, 3.63) is 30.3 Å². The number of benzene rings is 1. The predicted molar refractivity (Wildman–Crippen MR) is 53.4 cm³/mol. The SMILES string of the molecule is CC(C)C[P](=O)c1ccccc1. The molecule has 1 rings (SSSR count). The monoisotopic (exact) mass is 181 g/mol. The topological polar surface area (TPSA) is 17.1 Å². The molecule has 12 heavy (non-hydrogen) atoms. The van der Waals surface area contributed by atoms with Crippen LogP contribution in [-0.4, -0.2) is 6.16 Å². The Labute approximate surface area is 74.6 Å². The molecular weight excluding hydrogens is 167 g/mol. The molecule has 0 aliphatic heterocycles. The van der Waals surface area contributed by atoms with Gasteiger partial charge in [0.15, 0.2) is 0 Å². The third-order valence-corrected chi connectivity index (χ3v) is 3.51. The third kappa shape index (κ3) is 2.75. The molecule has 1 atom stereocenters. The standard InChI is InChI=1S/C10H14OP/c1-9(2)8-12(11)10-6-4-3-5-7-10/h3-7,9H,8H2,1-2H3. The Hall–Kier alpha value is -0.680. The first-order chi connectivity index (χ1) is 5.70. The lowest BCUT2D eigenvalue weighted by Gasteiger charge is -2.03. The van der Waals surface area contributed by atoms with Crippen LogP contribution in [0.2, 0.25) is 0 Å². The van der Waals surface area contributed by atoms with Gasteiger partial charge in [-0.2, -0.15) is 0 Å². The van der Waals surface area contributed by atoms with Gasteiger partial charge in [-0.25, -0.2) is 0 Å². The fourth-order valence-electron chi connectivity index (χ4n) is 1.03. The largest absolute Gasteiger partial charge is 0.282 e. The Bertz CT molecular complexity index is 254. The van der Waals surface area contributed by atoms with Crippen LogP contribution < -0.4 is 5.30 Å². The van der Waals surface area contributed by atoms with E-state index in [1.54, 1.807) is 0 Å². The van der Waals surface area contributed by atoms with E-state index in [0.717, 1.165) is 11.5 Å². The minimum Gasteiger partial charge on any atom is -0.282 e. The molecule has 1 nitrogen and oxygen atoms in total. The molecule has 1 unspecified atom stereocenters. The van der Waals surface area contributed by atoms with Crippen molar-refractivity contribution in [1.29, 1.82) is 0 Å². The van der Waals surface area contributed by atoms with Crippen LogP contribution in [0.5, 0.6) is 0 Å². The average Bonchev–Trinajstić information content (AvgIpc) is 2.05. The molecule has 0 heterocycles. The quantitative estimate of drug-likeness (QED) is 0.655. The van der Waals surface area contributed by atoms with Gasteiger partial charge in [-0.3, -0.25) is 4.57 Å². The van der Waals surface area contributed by atoms with Crippen molar-refractivity contribution in [2.24, 2.45) is 5.92 Å². The molecule has 0 spiro atoms. The average molecular weight is 181 g/mol. The summed E-state index contributed by atoms with van der Waals surface area (Å²) in [6, 6.07) is 9.68. The molecule has 0 bridgehead atoms. The van der Waals surface area contributed by atoms with Crippen LogP contribution in [0.1, 0.15) is 13.8 Å². The van der Waals surface area contributed by atoms with Crippen molar-refractivity contribution in [2.75, 3.05) is 6.16 Å². The Morgan fingerprint density at radius 1 is 1.25 bits per heavy atom. The van der Waals surface area contributed by atoms with Crippen LogP contribution in [0.4, 0.5) is 0 Å². The number of rotatable bonds is 3. The van der Waals surface area contributed by atoms with Crippen LogP contribution in [0.3, 0.4) is 0 Å². The Balaban J connectivity index is 2.66. The van der Waals surface area contributed by atoms with Crippen molar-refractivity contribution in [3.8, 4) is 0 Å². The predicted octanol–water partition coefficient (Wildman–Crippen LogP) is 2.80. The van der Waals surface area contributed by atoms with Crippen LogP contribution in [-0.2, 0) is 4.57 Å². The molecule has 1 aromatic carbocycles. The summed E-state index contributed by atoms with van der Waals surface area (Å²) in [5.74, 6) is 0.508. The first-order valence-electron chi connectivity index (χ1n) is 4.20. The van der Waals surface area contributed by atoms with E-state index < -0.39 is 7.80 Å². The van der Waals surface area contributed by atoms with Gasteiger partial charge in [0.25, 0.3) is 0 Å². The highest BCUT2D eigenvalue weighted by Crippen LogP contribution is 2.22. The lowest BCUT2D eigenvalue weighted by molar-refractivity contribution is 0.585. The molecular formula is C10H14OP. The van der Waals surface area contributed by atoms with E-state index in [9.17, 15) is 4.57 Å². The molecule has 0 aliphatic carbocycles. The van der Waals surface area contributed by atoms with E-state index in [4.69, 9.17) is 0 Å². The van der Waals surface area contributed by atoms with Crippen molar-refractivity contribution < 1.29 is 4.57 Å². The van der Waals surface area contributed by atoms with Crippen molar-refractivity contribution in [2.45, 2.75) is 13.8 Å². The normalized spacial score (nSPS) is 11.8. The summed E-state index contributed by atoms with van der Waals surface area (Å²) < 4.78 is 11.6. The number of hydrogen-bond donors (Lipinski definition) is 0. The summed E-state index contributed by atoms with van der Waals surface area (Å²) in [7, 11) is -1.17. The van der Waals surface area contributed by atoms with Gasteiger partial charge in [0.2, 0.25) is 0 Å². The first-order valence-corrected chi connectivity index (χ1v) is 5.64. The summed E-state index contributed by atoms with van der Waals surface area (Å²) in [6.07, 6.45) is 0.791. The van der Waals surface area contributed by atoms with Gasteiger partial charge in [-0.05, 0) is 18.1 Å². The molecule has 0 fully saturated rings. The van der Waals surface area contributed by atoms with E-state index in [2.05, 4.69) is 13.8 Å². The van der Waals surface area contributed by atoms with Gasteiger partial charge in [-0.15, -0.1) is 0 Å². The van der Waals surface area contributed by atoms with Crippen LogP contribution >= 0.6 is 7.80 Å². The number of hydrogen-bond acceptors (Lipinski definition) is 1. The minimum absolute atomic E-state index is 0.508. The molecule has 0 amide bonds. The van der Waals surface area contributed by atoms with Gasteiger partial charge in [-0.1, -0.05) is 32.0 Å². The molecule has 2 heteroatoms. The summed E-state index contributed by atoms with van der Waals surface area (Å²) in [6.45, 7) is 4.19. The van der Waals surface area contributed by atoms with Crippen molar-refractivity contribution in [3.63, 3.8) is 0 Å². The molecule has 0 saturated heterocycles. The lowest BCUT2D eigenvalue weighted by atomic mass is 10.3. The Morgan fingerprint density at radius 3 is 2.33 bits per heavy atom. The molecule has 1 radical (unpaired) electrons. The molecule has 0 aliphatic rings. The fourth-order valence-corrected chi connectivity index (χ4v) is 2.41. The summed E-state index contributed by atoms with van der Waals surface area (Å²) in [4.78, 5) is 0. The van der Waals surface area contributed by atoms with Crippen LogP contribution in [0.25, 0.3) is 0 Å². The van der Waals surface area contributed by atoms with E-state index in [0.29, 0.717) is 5.92 Å². The van der Waals surface area contributed by atoms with Gasteiger partial charge in [0.1, 0.15) is 7.80 Å². The van der Waals surface area contributed by atoms with Crippen LogP contribution in [0, 0.1) is 5.92 Å². The Kier molecular flexibility index (Phi) is 3.43. The minimum atomic E-state index is -1.17. The van der Waals surface area contributed by atoms with Crippen LogP contribution in [0.15, 0.2) is 30.3 Å². The van der Waals surface area contributed by atoms with Gasteiger partial charge >= 0.3 is 0 Å². The molecule has 0 N–H and O–H groups in total. The highest BCUT2D eigenvalue weighted by molar-refractivity contribution is 7.53. The van der Waals surface area contributed by atoms with Crippen molar-refractivity contribution in [1.82, 2.24) is 0 Å². The second kappa shape index (κ2) is 4.37. The van der Waals surface area contributed by atoms with Gasteiger partial charge in [0.05, 0.1) is 0 Å². The maximum Gasteiger partial charge on any atom is 0.104 e. The van der Waals surface area contributed by atoms with E-state index in [-0.39, 0.29) is 0 Å². The van der Waals surface area contributed by atoms with Gasteiger partial charge < -0.3 is 0 Å². The highest BCUT2D eigenvalue weighted by Gasteiger charge is 2.05. The van der Waals surface area contributed by atoms with E-state index in [1.807, 2.05) is 30.3 Å². The summed E-state index contributed by atoms with van der Waals surface area (Å²) in [5.41, 5.74) is 0. The van der Waals surface area contributed by atoms with Gasteiger partial charge in [0, 0.05) is 11.5 Å². The Morgan fingerprint density at radius 2 is 1.83 bits per heavy atom. The molecule has 0 aromatic heterocycles. The summed E-state index contributed by atoms with van der Waals surface area (Å²) >= 11 is 0. The smallest absolute Gasteiger partial charge is 0.104 e. The fraction of sp³-hybridized carbons (Fsp3) is 0.400. The summed E-state index contributed by atoms with van der Waals surface area (Å²) in [5, 5.41) is 0.973. The zero-order valence-corrected chi connectivity index (χ0v) is 8.42. The maximum absolute atomic E-state index is 11.6.